The molecule has 5 heteroatoms. The molecule has 1 atom stereocenters. The first-order valence-electron chi connectivity index (χ1n) is 5.74. The van der Waals surface area contributed by atoms with Crippen LogP contribution in [0.4, 0.5) is 0 Å². The van der Waals surface area contributed by atoms with Crippen molar-refractivity contribution in [1.82, 2.24) is 5.32 Å². The standard InChI is InChI=1S/C11H24N2O3/c1-4-11(12,5-2)10(15)13-7-6-9(14)8-16-3/h9,14H,4-8,12H2,1-3H3,(H,13,15). The number of nitrogens with one attached hydrogen (secondary N) is 1. The van der Waals surface area contributed by atoms with Crippen LogP contribution in [0.15, 0.2) is 0 Å². The summed E-state index contributed by atoms with van der Waals surface area (Å²) < 4.78 is 4.78. The van der Waals surface area contributed by atoms with Crippen molar-refractivity contribution in [2.75, 3.05) is 20.3 Å². The molecule has 0 aliphatic rings. The number of amides is 1. The molecule has 1 amide bonds. The summed E-state index contributed by atoms with van der Waals surface area (Å²) in [7, 11) is 1.53. The monoisotopic (exact) mass is 232 g/mol. The molecule has 0 radical (unpaired) electrons. The Balaban J connectivity index is 3.89. The van der Waals surface area contributed by atoms with Crippen LogP contribution in [-0.2, 0) is 9.53 Å². The highest BCUT2D eigenvalue weighted by atomic mass is 16.5. The van der Waals surface area contributed by atoms with Crippen LogP contribution in [0.25, 0.3) is 0 Å². The summed E-state index contributed by atoms with van der Waals surface area (Å²) in [4.78, 5) is 11.7. The van der Waals surface area contributed by atoms with E-state index in [4.69, 9.17) is 10.5 Å². The average Bonchev–Trinajstić information content (AvgIpc) is 2.28. The number of ether oxygens (including phenoxy) is 1. The number of hydrogen-bond acceptors (Lipinski definition) is 4. The molecule has 0 fully saturated rings. The van der Waals surface area contributed by atoms with E-state index in [0.29, 0.717) is 25.8 Å². The highest BCUT2D eigenvalue weighted by Gasteiger charge is 2.29. The summed E-state index contributed by atoms with van der Waals surface area (Å²) in [5.41, 5.74) is 5.13. The molecule has 0 aliphatic heterocycles. The van der Waals surface area contributed by atoms with Crippen LogP contribution >= 0.6 is 0 Å². The Bertz CT molecular complexity index is 205. The molecule has 96 valence electrons. The van der Waals surface area contributed by atoms with Crippen molar-refractivity contribution in [2.45, 2.75) is 44.8 Å². The van der Waals surface area contributed by atoms with Gasteiger partial charge in [-0.25, -0.2) is 0 Å². The largest absolute Gasteiger partial charge is 0.391 e. The zero-order valence-electron chi connectivity index (χ0n) is 10.5. The Morgan fingerprint density at radius 1 is 1.50 bits per heavy atom. The van der Waals surface area contributed by atoms with Gasteiger partial charge in [0.1, 0.15) is 0 Å². The van der Waals surface area contributed by atoms with Crippen molar-refractivity contribution in [2.24, 2.45) is 5.73 Å². The Morgan fingerprint density at radius 3 is 2.50 bits per heavy atom. The second-order valence-corrected chi connectivity index (χ2v) is 4.02. The molecule has 0 heterocycles. The zero-order chi connectivity index (χ0) is 12.6. The summed E-state index contributed by atoms with van der Waals surface area (Å²) in [5.74, 6) is -0.151. The van der Waals surface area contributed by atoms with E-state index >= 15 is 0 Å². The molecule has 0 aromatic carbocycles. The van der Waals surface area contributed by atoms with Crippen LogP contribution in [0, 0.1) is 0 Å². The molecule has 0 bridgehead atoms. The van der Waals surface area contributed by atoms with E-state index in [9.17, 15) is 9.90 Å². The summed E-state index contributed by atoms with van der Waals surface area (Å²) in [6.45, 7) is 4.49. The zero-order valence-corrected chi connectivity index (χ0v) is 10.5. The summed E-state index contributed by atoms with van der Waals surface area (Å²) in [6, 6.07) is 0. The van der Waals surface area contributed by atoms with Crippen molar-refractivity contribution in [3.05, 3.63) is 0 Å². The van der Waals surface area contributed by atoms with Crippen molar-refractivity contribution in [3.63, 3.8) is 0 Å². The first-order valence-corrected chi connectivity index (χ1v) is 5.74. The smallest absolute Gasteiger partial charge is 0.240 e. The maximum Gasteiger partial charge on any atom is 0.240 e. The third-order valence-corrected chi connectivity index (χ3v) is 2.84. The van der Waals surface area contributed by atoms with E-state index < -0.39 is 11.6 Å². The molecule has 0 aromatic heterocycles. The second-order valence-electron chi connectivity index (χ2n) is 4.02. The Kier molecular flexibility index (Phi) is 7.29. The van der Waals surface area contributed by atoms with Crippen LogP contribution in [0.3, 0.4) is 0 Å². The molecule has 0 saturated heterocycles. The molecule has 0 spiro atoms. The fourth-order valence-corrected chi connectivity index (χ4v) is 1.38. The van der Waals surface area contributed by atoms with Crippen LogP contribution in [-0.4, -0.2) is 42.9 Å². The molecule has 5 nitrogen and oxygen atoms in total. The third kappa shape index (κ3) is 4.92. The quantitative estimate of drug-likeness (QED) is 0.550. The van der Waals surface area contributed by atoms with E-state index in [1.807, 2.05) is 13.8 Å². The SMILES string of the molecule is CCC(N)(CC)C(=O)NCCC(O)COC. The lowest BCUT2D eigenvalue weighted by Gasteiger charge is -2.25. The van der Waals surface area contributed by atoms with E-state index in [1.165, 1.54) is 7.11 Å². The van der Waals surface area contributed by atoms with Gasteiger partial charge >= 0.3 is 0 Å². The predicted molar refractivity (Wildman–Crippen MR) is 63.0 cm³/mol. The van der Waals surface area contributed by atoms with Gasteiger partial charge in [0.2, 0.25) is 5.91 Å². The first kappa shape index (κ1) is 15.3. The number of nitrogens with two attached hydrogens (primary N) is 1. The molecule has 0 rings (SSSR count). The minimum absolute atomic E-state index is 0.151. The number of hydrogen-bond donors (Lipinski definition) is 3. The summed E-state index contributed by atoms with van der Waals surface area (Å²) >= 11 is 0. The van der Waals surface area contributed by atoms with Gasteiger partial charge in [0, 0.05) is 13.7 Å². The highest BCUT2D eigenvalue weighted by molar-refractivity contribution is 5.85. The molecular weight excluding hydrogens is 208 g/mol. The topological polar surface area (TPSA) is 84.6 Å². The Labute approximate surface area is 97.3 Å². The molecule has 16 heavy (non-hydrogen) atoms. The molecule has 4 N–H and O–H groups in total. The van der Waals surface area contributed by atoms with Crippen LogP contribution in [0.1, 0.15) is 33.1 Å². The molecule has 0 aliphatic carbocycles. The number of methoxy groups -OCH3 is 1. The van der Waals surface area contributed by atoms with Gasteiger partial charge in [0.15, 0.2) is 0 Å². The Morgan fingerprint density at radius 2 is 2.06 bits per heavy atom. The third-order valence-electron chi connectivity index (χ3n) is 2.84. The number of carbonyl (C=O) groups is 1. The van der Waals surface area contributed by atoms with Gasteiger partial charge in [-0.3, -0.25) is 4.79 Å². The number of carbonyl (C=O) groups excluding carboxylic acids is 1. The minimum Gasteiger partial charge on any atom is -0.391 e. The average molecular weight is 232 g/mol. The molecule has 0 aromatic rings. The Hall–Kier alpha value is -0.650. The second kappa shape index (κ2) is 7.60. The van der Waals surface area contributed by atoms with Crippen molar-refractivity contribution in [3.8, 4) is 0 Å². The van der Waals surface area contributed by atoms with Gasteiger partial charge in [-0.2, -0.15) is 0 Å². The van der Waals surface area contributed by atoms with Gasteiger partial charge in [-0.15, -0.1) is 0 Å². The number of aliphatic hydroxyl groups excluding tert-OH is 1. The van der Waals surface area contributed by atoms with E-state index in [0.717, 1.165) is 0 Å². The van der Waals surface area contributed by atoms with Crippen LogP contribution in [0.5, 0.6) is 0 Å². The summed E-state index contributed by atoms with van der Waals surface area (Å²) in [5, 5.41) is 12.1. The van der Waals surface area contributed by atoms with Gasteiger partial charge < -0.3 is 20.9 Å². The maximum atomic E-state index is 11.7. The van der Waals surface area contributed by atoms with E-state index in [2.05, 4.69) is 5.32 Å². The lowest BCUT2D eigenvalue weighted by Crippen LogP contribution is -2.53. The fraction of sp³-hybridized carbons (Fsp3) is 0.909. The minimum atomic E-state index is -0.786. The number of aliphatic hydroxyl groups is 1. The lowest BCUT2D eigenvalue weighted by atomic mass is 9.93. The van der Waals surface area contributed by atoms with Crippen LogP contribution in [0.2, 0.25) is 0 Å². The van der Waals surface area contributed by atoms with Gasteiger partial charge in [0.25, 0.3) is 0 Å². The van der Waals surface area contributed by atoms with Gasteiger partial charge in [0.05, 0.1) is 18.2 Å². The maximum absolute atomic E-state index is 11.7. The van der Waals surface area contributed by atoms with Crippen molar-refractivity contribution >= 4 is 5.91 Å². The van der Waals surface area contributed by atoms with Gasteiger partial charge in [-0.05, 0) is 19.3 Å². The normalized spacial score (nSPS) is 13.6. The van der Waals surface area contributed by atoms with E-state index in [-0.39, 0.29) is 12.5 Å². The first-order chi connectivity index (χ1) is 7.50. The van der Waals surface area contributed by atoms with Crippen LogP contribution < -0.4 is 11.1 Å². The predicted octanol–water partition coefficient (Wildman–Crippen LogP) is 0.0175. The van der Waals surface area contributed by atoms with E-state index in [1.54, 1.807) is 0 Å². The molecular formula is C11H24N2O3. The molecule has 0 saturated carbocycles. The fourth-order valence-electron chi connectivity index (χ4n) is 1.38. The van der Waals surface area contributed by atoms with Crippen molar-refractivity contribution in [1.29, 1.82) is 0 Å². The van der Waals surface area contributed by atoms with Crippen molar-refractivity contribution < 1.29 is 14.6 Å². The highest BCUT2D eigenvalue weighted by Crippen LogP contribution is 2.10. The van der Waals surface area contributed by atoms with Gasteiger partial charge in [-0.1, -0.05) is 13.8 Å². The molecule has 1 unspecified atom stereocenters. The summed E-state index contributed by atoms with van der Waals surface area (Å²) in [6.07, 6.45) is 1.15. The lowest BCUT2D eigenvalue weighted by molar-refractivity contribution is -0.126. The number of rotatable bonds is 8.